The van der Waals surface area contributed by atoms with Crippen LogP contribution in [0.5, 0.6) is 11.6 Å². The first-order valence-electron chi connectivity index (χ1n) is 11.0. The van der Waals surface area contributed by atoms with Gasteiger partial charge in [0.15, 0.2) is 10.8 Å². The molecule has 4 aromatic rings. The molecule has 0 spiro atoms. The molecule has 0 unspecified atom stereocenters. The molecule has 1 amide bonds. The molecule has 34 heavy (non-hydrogen) atoms. The molecule has 2 N–H and O–H groups in total. The molecule has 0 saturated heterocycles. The number of hydrogen-bond acceptors (Lipinski definition) is 9. The number of rotatable bonds is 6. The lowest BCUT2D eigenvalue weighted by Gasteiger charge is -2.08. The largest absolute Gasteiger partial charge is 0.437 e. The Balaban J connectivity index is 0.00000133. The van der Waals surface area contributed by atoms with E-state index in [-0.39, 0.29) is 17.3 Å². The minimum atomic E-state index is -0.224. The molecule has 1 aliphatic carbocycles. The molecule has 10 nitrogen and oxygen atoms in total. The highest BCUT2D eigenvalue weighted by Crippen LogP contribution is 2.40. The summed E-state index contributed by atoms with van der Waals surface area (Å²) in [4.78, 5) is 32.2. The Hall–Kier alpha value is -3.86. The lowest BCUT2D eigenvalue weighted by molar-refractivity contribution is -0.114. The van der Waals surface area contributed by atoms with Crippen LogP contribution in [0.3, 0.4) is 0 Å². The number of hydrogen-bond donors (Lipinski definition) is 2. The van der Waals surface area contributed by atoms with Gasteiger partial charge in [0.1, 0.15) is 17.3 Å². The van der Waals surface area contributed by atoms with Gasteiger partial charge in [-0.25, -0.2) is 4.98 Å². The standard InChI is InChI=1S/C21H19N7O3S.C2H6/c1-11(29)23-17-8-14(5-6-22-17)31-18-9-16-19(27-26-18)25-21(32-16)24-15-7-13(12-3-4-12)10-28(2)20(15)30;1-2/h5-10,12H,3-4H2,1-2H3,(H,22,23,29)(H,24,25,27);1-2H3. The predicted octanol–water partition coefficient (Wildman–Crippen LogP) is 4.58. The molecule has 5 rings (SSSR count). The normalized spacial score (nSPS) is 12.6. The molecule has 11 heteroatoms. The van der Waals surface area contributed by atoms with E-state index in [4.69, 9.17) is 4.74 Å². The maximum Gasteiger partial charge on any atom is 0.274 e. The van der Waals surface area contributed by atoms with E-state index in [2.05, 4.69) is 30.8 Å². The van der Waals surface area contributed by atoms with Gasteiger partial charge in [0.2, 0.25) is 11.8 Å². The lowest BCUT2D eigenvalue weighted by atomic mass is 10.2. The van der Waals surface area contributed by atoms with Gasteiger partial charge in [0, 0.05) is 38.5 Å². The van der Waals surface area contributed by atoms with E-state index in [0.29, 0.717) is 34.0 Å². The molecule has 0 aromatic carbocycles. The van der Waals surface area contributed by atoms with Gasteiger partial charge in [-0.1, -0.05) is 25.2 Å². The van der Waals surface area contributed by atoms with Gasteiger partial charge in [-0.2, -0.15) is 4.98 Å². The summed E-state index contributed by atoms with van der Waals surface area (Å²) >= 11 is 1.35. The Morgan fingerprint density at radius 2 is 2.00 bits per heavy atom. The summed E-state index contributed by atoms with van der Waals surface area (Å²) in [5.41, 5.74) is 1.98. The minimum Gasteiger partial charge on any atom is -0.437 e. The second kappa shape index (κ2) is 9.96. The average Bonchev–Trinajstić information content (AvgIpc) is 3.58. The third kappa shape index (κ3) is 5.37. The zero-order valence-corrected chi connectivity index (χ0v) is 20.1. The summed E-state index contributed by atoms with van der Waals surface area (Å²) in [6, 6.07) is 6.87. The fraction of sp³-hybridized carbons (Fsp3) is 0.304. The van der Waals surface area contributed by atoms with Crippen molar-refractivity contribution in [1.82, 2.24) is 24.7 Å². The first-order chi connectivity index (χ1) is 16.4. The fourth-order valence-electron chi connectivity index (χ4n) is 3.26. The second-order valence-electron chi connectivity index (χ2n) is 7.55. The zero-order valence-electron chi connectivity index (χ0n) is 19.3. The van der Waals surface area contributed by atoms with Crippen molar-refractivity contribution in [2.45, 2.75) is 39.5 Å². The maximum atomic E-state index is 12.5. The molecule has 4 heterocycles. The summed E-state index contributed by atoms with van der Waals surface area (Å²) in [5, 5.41) is 14.5. The van der Waals surface area contributed by atoms with Crippen LogP contribution in [0.25, 0.3) is 10.3 Å². The third-order valence-corrected chi connectivity index (χ3v) is 5.79. The number of aryl methyl sites for hydroxylation is 1. The lowest BCUT2D eigenvalue weighted by Crippen LogP contribution is -2.19. The molecule has 0 atom stereocenters. The van der Waals surface area contributed by atoms with Crippen molar-refractivity contribution in [2.24, 2.45) is 7.05 Å². The molecule has 176 valence electrons. The van der Waals surface area contributed by atoms with E-state index < -0.39 is 0 Å². The van der Waals surface area contributed by atoms with Crippen LogP contribution in [-0.4, -0.2) is 30.6 Å². The first kappa shape index (κ1) is 23.3. The SMILES string of the molecule is CC.CC(=O)Nc1cc(Oc2cc3sc(Nc4cc(C5CC5)cn(C)c4=O)nc3nn2)ccn1. The molecular formula is C23H25N7O3S. The smallest absolute Gasteiger partial charge is 0.274 e. The van der Waals surface area contributed by atoms with Crippen molar-refractivity contribution in [3.05, 3.63) is 52.6 Å². The number of aromatic nitrogens is 5. The molecule has 4 aromatic heterocycles. The van der Waals surface area contributed by atoms with Crippen molar-refractivity contribution in [3.8, 4) is 11.6 Å². The van der Waals surface area contributed by atoms with E-state index in [1.54, 1.807) is 29.8 Å². The monoisotopic (exact) mass is 479 g/mol. The van der Waals surface area contributed by atoms with Crippen LogP contribution in [0.1, 0.15) is 45.1 Å². The van der Waals surface area contributed by atoms with E-state index in [1.807, 2.05) is 26.1 Å². The number of carbonyl (C=O) groups is 1. The summed E-state index contributed by atoms with van der Waals surface area (Å²) in [7, 11) is 1.75. The van der Waals surface area contributed by atoms with Crippen LogP contribution in [0.2, 0.25) is 0 Å². The van der Waals surface area contributed by atoms with Crippen LogP contribution in [0.15, 0.2) is 41.5 Å². The zero-order chi connectivity index (χ0) is 24.2. The topological polar surface area (TPSA) is 124 Å². The molecule has 0 aliphatic heterocycles. The Labute approximate surface area is 200 Å². The van der Waals surface area contributed by atoms with E-state index in [1.165, 1.54) is 24.5 Å². The van der Waals surface area contributed by atoms with Crippen molar-refractivity contribution in [2.75, 3.05) is 10.6 Å². The molecule has 1 saturated carbocycles. The highest BCUT2D eigenvalue weighted by atomic mass is 32.1. The summed E-state index contributed by atoms with van der Waals surface area (Å²) in [6.45, 7) is 5.40. The van der Waals surface area contributed by atoms with Crippen LogP contribution in [0, 0.1) is 0 Å². The van der Waals surface area contributed by atoms with Gasteiger partial charge in [0.25, 0.3) is 5.56 Å². The van der Waals surface area contributed by atoms with Crippen molar-refractivity contribution >= 4 is 44.2 Å². The number of pyridine rings is 2. The summed E-state index contributed by atoms with van der Waals surface area (Å²) in [6.07, 6.45) is 5.73. The maximum absolute atomic E-state index is 12.5. The Kier molecular flexibility index (Phi) is 6.82. The fourth-order valence-corrected chi connectivity index (χ4v) is 4.10. The Morgan fingerprint density at radius 1 is 1.21 bits per heavy atom. The molecular weight excluding hydrogens is 454 g/mol. The third-order valence-electron chi connectivity index (χ3n) is 4.89. The number of ether oxygens (including phenoxy) is 1. The summed E-state index contributed by atoms with van der Waals surface area (Å²) < 4.78 is 8.11. The molecule has 1 aliphatic rings. The van der Waals surface area contributed by atoms with Gasteiger partial charge in [-0.3, -0.25) is 9.59 Å². The average molecular weight is 480 g/mol. The van der Waals surface area contributed by atoms with Crippen molar-refractivity contribution in [3.63, 3.8) is 0 Å². The van der Waals surface area contributed by atoms with Crippen molar-refractivity contribution in [1.29, 1.82) is 0 Å². The first-order valence-corrected chi connectivity index (χ1v) is 11.8. The quantitative estimate of drug-likeness (QED) is 0.412. The number of thiazole rings is 1. The number of fused-ring (bicyclic) bond motifs is 1. The number of anilines is 3. The summed E-state index contributed by atoms with van der Waals surface area (Å²) in [5.74, 6) is 1.42. The van der Waals surface area contributed by atoms with Crippen LogP contribution >= 0.6 is 11.3 Å². The van der Waals surface area contributed by atoms with Gasteiger partial charge in [-0.15, -0.1) is 10.2 Å². The van der Waals surface area contributed by atoms with Gasteiger partial charge < -0.3 is 19.9 Å². The van der Waals surface area contributed by atoms with Gasteiger partial charge in [0.05, 0.1) is 4.70 Å². The highest BCUT2D eigenvalue weighted by molar-refractivity contribution is 7.22. The number of amides is 1. The van der Waals surface area contributed by atoms with Crippen LogP contribution < -0.4 is 20.9 Å². The minimum absolute atomic E-state index is 0.114. The van der Waals surface area contributed by atoms with Gasteiger partial charge in [-0.05, 0) is 36.5 Å². The van der Waals surface area contributed by atoms with Crippen molar-refractivity contribution < 1.29 is 9.53 Å². The van der Waals surface area contributed by atoms with E-state index in [9.17, 15) is 9.59 Å². The predicted molar refractivity (Wildman–Crippen MR) is 132 cm³/mol. The molecule has 0 radical (unpaired) electrons. The van der Waals surface area contributed by atoms with E-state index >= 15 is 0 Å². The second-order valence-corrected chi connectivity index (χ2v) is 8.58. The number of nitrogens with one attached hydrogen (secondary N) is 2. The number of carbonyl (C=O) groups excluding carboxylic acids is 1. The van der Waals surface area contributed by atoms with Crippen LogP contribution in [-0.2, 0) is 11.8 Å². The molecule has 1 fully saturated rings. The highest BCUT2D eigenvalue weighted by Gasteiger charge is 2.25. The van der Waals surface area contributed by atoms with Gasteiger partial charge >= 0.3 is 0 Å². The Morgan fingerprint density at radius 3 is 2.74 bits per heavy atom. The number of nitrogens with zero attached hydrogens (tertiary/aromatic N) is 5. The molecule has 0 bridgehead atoms. The van der Waals surface area contributed by atoms with Crippen LogP contribution in [0.4, 0.5) is 16.6 Å². The Bertz CT molecular complexity index is 1400. The van der Waals surface area contributed by atoms with E-state index in [0.717, 1.165) is 23.1 Å².